The Kier molecular flexibility index (Phi) is 8.12. The number of carbonyl (C=O) groups is 1. The van der Waals surface area contributed by atoms with Crippen LogP contribution in [0.3, 0.4) is 0 Å². The molecule has 0 aliphatic carbocycles. The predicted molar refractivity (Wildman–Crippen MR) is 123 cm³/mol. The molecule has 3 N–H and O–H groups in total. The number of hydrogen-bond acceptors (Lipinski definition) is 7. The molecule has 2 aliphatic rings. The van der Waals surface area contributed by atoms with Gasteiger partial charge in [0.05, 0.1) is 30.8 Å². The molecule has 0 bridgehead atoms. The smallest absolute Gasteiger partial charge is 0.410 e. The number of guanidine groups is 1. The van der Waals surface area contributed by atoms with Gasteiger partial charge in [0.2, 0.25) is 5.96 Å². The Balaban J connectivity index is 1.81. The number of carboxylic acid groups (broad SMARTS) is 1. The number of amides is 1. The fraction of sp³-hybridized carbons (Fsp3) is 0.500. The van der Waals surface area contributed by atoms with Gasteiger partial charge in [-0.25, -0.2) is 9.79 Å². The van der Waals surface area contributed by atoms with Crippen LogP contribution in [0.2, 0.25) is 5.02 Å². The first kappa shape index (κ1) is 23.6. The summed E-state index contributed by atoms with van der Waals surface area (Å²) < 4.78 is 5.81. The molecule has 172 valence electrons. The monoisotopic (exact) mass is 462 g/mol. The zero-order valence-electron chi connectivity index (χ0n) is 18.1. The van der Waals surface area contributed by atoms with E-state index in [4.69, 9.17) is 26.9 Å². The summed E-state index contributed by atoms with van der Waals surface area (Å²) in [5.74, 6) is 0.734. The highest BCUT2D eigenvalue weighted by Crippen LogP contribution is 2.15. The van der Waals surface area contributed by atoms with Crippen LogP contribution in [0.1, 0.15) is 25.3 Å². The lowest BCUT2D eigenvalue weighted by Gasteiger charge is -2.35. The van der Waals surface area contributed by atoms with Gasteiger partial charge >= 0.3 is 6.09 Å². The molecule has 1 fully saturated rings. The van der Waals surface area contributed by atoms with E-state index >= 15 is 0 Å². The Morgan fingerprint density at radius 1 is 1.47 bits per heavy atom. The molecular weight excluding hydrogens is 436 g/mol. The molecule has 1 aromatic rings. The second-order valence-corrected chi connectivity index (χ2v) is 7.92. The van der Waals surface area contributed by atoms with Gasteiger partial charge in [0, 0.05) is 32.5 Å². The largest absolute Gasteiger partial charge is 0.465 e. The number of hydrogen-bond donors (Lipinski definition) is 3. The van der Waals surface area contributed by atoms with E-state index in [9.17, 15) is 4.79 Å². The summed E-state index contributed by atoms with van der Waals surface area (Å²) in [5, 5.41) is 19.5. The molecule has 12 heteroatoms. The van der Waals surface area contributed by atoms with Crippen molar-refractivity contribution >= 4 is 41.2 Å². The summed E-state index contributed by atoms with van der Waals surface area (Å²) in [5.41, 5.74) is 0.710. The van der Waals surface area contributed by atoms with Gasteiger partial charge in [-0.05, 0) is 18.1 Å². The number of nitrogens with one attached hydrogen (secondary N) is 2. The van der Waals surface area contributed by atoms with Crippen LogP contribution in [0.5, 0.6) is 0 Å². The lowest BCUT2D eigenvalue weighted by molar-refractivity contribution is -0.0125. The molecule has 1 aromatic heterocycles. The topological polar surface area (TPSA) is 139 Å². The summed E-state index contributed by atoms with van der Waals surface area (Å²) in [6.07, 6.45) is 3.94. The Morgan fingerprint density at radius 3 is 3.00 bits per heavy atom. The average Bonchev–Trinajstić information content (AvgIpc) is 3.11. The highest BCUT2D eigenvalue weighted by atomic mass is 35.5. The first-order valence-corrected chi connectivity index (χ1v) is 10.7. The van der Waals surface area contributed by atoms with E-state index in [1.54, 1.807) is 12.3 Å². The molecule has 0 aromatic carbocycles. The van der Waals surface area contributed by atoms with Crippen LogP contribution in [0.4, 0.5) is 4.79 Å². The summed E-state index contributed by atoms with van der Waals surface area (Å²) in [4.78, 5) is 32.5. The molecule has 3 rings (SSSR count). The number of nitrogens with zero attached hydrogens (tertiary/aromatic N) is 6. The van der Waals surface area contributed by atoms with Gasteiger partial charge in [0.15, 0.2) is 17.5 Å². The second kappa shape index (κ2) is 11.0. The Bertz CT molecular complexity index is 947. The Labute approximate surface area is 191 Å². The van der Waals surface area contributed by atoms with Crippen LogP contribution < -0.4 is 5.32 Å². The number of pyridine rings is 1. The zero-order chi connectivity index (χ0) is 23.1. The molecule has 1 amide bonds. The van der Waals surface area contributed by atoms with Gasteiger partial charge in [-0.1, -0.05) is 24.9 Å². The van der Waals surface area contributed by atoms with Crippen LogP contribution >= 0.6 is 11.6 Å². The van der Waals surface area contributed by atoms with E-state index < -0.39 is 11.9 Å². The molecule has 0 radical (unpaired) electrons. The minimum Gasteiger partial charge on any atom is -0.465 e. The van der Waals surface area contributed by atoms with Crippen molar-refractivity contribution in [3.8, 4) is 0 Å². The van der Waals surface area contributed by atoms with Gasteiger partial charge in [-0.3, -0.25) is 20.7 Å². The molecule has 2 aliphatic heterocycles. The number of halogens is 1. The van der Waals surface area contributed by atoms with Gasteiger partial charge in [0.25, 0.3) is 0 Å². The number of aliphatic imine (C=N–C) groups is 3. The van der Waals surface area contributed by atoms with E-state index in [-0.39, 0.29) is 18.5 Å². The average molecular weight is 463 g/mol. The van der Waals surface area contributed by atoms with Gasteiger partial charge in [0.1, 0.15) is 0 Å². The molecule has 11 nitrogen and oxygen atoms in total. The number of ether oxygens (including phenoxy) is 1. The Hall–Kier alpha value is -3.05. The van der Waals surface area contributed by atoms with E-state index in [0.29, 0.717) is 29.6 Å². The SMILES string of the molecule is CCC[C@@H]1CN(C2=N/C(=N/C(=N\Cc3cncc(Cl)c3)C(=N)NC(=O)O)CN2C)CCO1. The normalized spacial score (nSPS) is 20.5. The lowest BCUT2D eigenvalue weighted by atomic mass is 10.2. The molecule has 32 heavy (non-hydrogen) atoms. The van der Waals surface area contributed by atoms with Crippen molar-refractivity contribution in [2.75, 3.05) is 33.3 Å². The van der Waals surface area contributed by atoms with E-state index in [1.807, 2.05) is 17.3 Å². The van der Waals surface area contributed by atoms with Gasteiger partial charge < -0.3 is 19.6 Å². The Morgan fingerprint density at radius 2 is 2.28 bits per heavy atom. The lowest BCUT2D eigenvalue weighted by Crippen LogP contribution is -2.49. The van der Waals surface area contributed by atoms with Crippen molar-refractivity contribution in [1.82, 2.24) is 20.1 Å². The minimum absolute atomic E-state index is 0.0633. The molecule has 3 heterocycles. The molecule has 0 unspecified atom stereocenters. The maximum absolute atomic E-state index is 11.0. The number of morpholine rings is 1. The van der Waals surface area contributed by atoms with Crippen LogP contribution in [-0.2, 0) is 11.3 Å². The predicted octanol–water partition coefficient (Wildman–Crippen LogP) is 2.08. The number of likely N-dealkylation sites (N-methyl/N-ethyl adjacent to an activating group) is 1. The summed E-state index contributed by atoms with van der Waals surface area (Å²) in [6, 6.07) is 1.70. The van der Waals surface area contributed by atoms with Crippen molar-refractivity contribution in [3.63, 3.8) is 0 Å². The van der Waals surface area contributed by atoms with Crippen molar-refractivity contribution in [2.24, 2.45) is 15.0 Å². The first-order valence-electron chi connectivity index (χ1n) is 10.3. The summed E-state index contributed by atoms with van der Waals surface area (Å²) in [7, 11) is 1.92. The first-order chi connectivity index (χ1) is 15.4. The molecule has 1 atom stereocenters. The quantitative estimate of drug-likeness (QED) is 0.462. The third-order valence-electron chi connectivity index (χ3n) is 4.84. The highest BCUT2D eigenvalue weighted by Gasteiger charge is 2.29. The van der Waals surface area contributed by atoms with Crippen molar-refractivity contribution in [2.45, 2.75) is 32.4 Å². The van der Waals surface area contributed by atoms with Crippen LogP contribution in [0, 0.1) is 5.41 Å². The van der Waals surface area contributed by atoms with Gasteiger partial charge in [-0.2, -0.15) is 4.99 Å². The van der Waals surface area contributed by atoms with E-state index in [2.05, 4.69) is 31.8 Å². The maximum atomic E-state index is 11.0. The summed E-state index contributed by atoms with van der Waals surface area (Å²) >= 11 is 5.96. The van der Waals surface area contributed by atoms with Crippen molar-refractivity contribution < 1.29 is 14.6 Å². The summed E-state index contributed by atoms with van der Waals surface area (Å²) in [6.45, 7) is 4.81. The molecule has 1 saturated heterocycles. The molecular formula is C20H27ClN8O3. The maximum Gasteiger partial charge on any atom is 0.410 e. The second-order valence-electron chi connectivity index (χ2n) is 7.48. The van der Waals surface area contributed by atoms with Crippen molar-refractivity contribution in [3.05, 3.63) is 29.0 Å². The highest BCUT2D eigenvalue weighted by molar-refractivity contribution is 6.43. The number of amidine groups is 3. The van der Waals surface area contributed by atoms with E-state index in [1.165, 1.54) is 6.20 Å². The standard InChI is InChI=1S/C20H27ClN8O3/c1-3-4-15-11-29(5-6-32-15)19-26-16(12-28(19)2)25-18(17(22)27-20(30)31)24-9-13-7-14(21)10-23-8-13/h7-8,10,15H,3-6,9,11-12H2,1-2H3,(H2,22,27)(H,30,31)/b24-18-,25-16+/t15-/m1/s1. The minimum atomic E-state index is -1.37. The third kappa shape index (κ3) is 6.47. The molecule has 0 spiro atoms. The number of aromatic nitrogens is 1. The fourth-order valence-corrected chi connectivity index (χ4v) is 3.65. The van der Waals surface area contributed by atoms with Gasteiger partial charge in [-0.15, -0.1) is 0 Å². The van der Waals surface area contributed by atoms with Crippen LogP contribution in [-0.4, -0.2) is 88.8 Å². The number of rotatable bonds is 4. The fourth-order valence-electron chi connectivity index (χ4n) is 3.45. The van der Waals surface area contributed by atoms with Crippen molar-refractivity contribution in [1.29, 1.82) is 5.41 Å². The van der Waals surface area contributed by atoms with E-state index in [0.717, 1.165) is 31.9 Å². The third-order valence-corrected chi connectivity index (χ3v) is 5.05. The molecule has 0 saturated carbocycles. The zero-order valence-corrected chi connectivity index (χ0v) is 18.8. The van der Waals surface area contributed by atoms with Crippen LogP contribution in [0.15, 0.2) is 33.4 Å². The van der Waals surface area contributed by atoms with Crippen LogP contribution in [0.25, 0.3) is 0 Å².